The monoisotopic (exact) mass is 166 g/mol. The van der Waals surface area contributed by atoms with Gasteiger partial charge in [0.1, 0.15) is 0 Å². The van der Waals surface area contributed by atoms with E-state index in [9.17, 15) is 0 Å². The summed E-state index contributed by atoms with van der Waals surface area (Å²) in [5.74, 6) is 10.9. The van der Waals surface area contributed by atoms with Gasteiger partial charge in [0.15, 0.2) is 5.49 Å². The lowest BCUT2D eigenvalue weighted by Gasteiger charge is -2.06. The van der Waals surface area contributed by atoms with Crippen molar-refractivity contribution in [3.8, 4) is 0 Å². The van der Waals surface area contributed by atoms with Gasteiger partial charge in [-0.05, 0) is 18.6 Å². The van der Waals surface area contributed by atoms with Gasteiger partial charge in [-0.15, -0.1) is 0 Å². The highest BCUT2D eigenvalue weighted by molar-refractivity contribution is 5.06. The van der Waals surface area contributed by atoms with Crippen LogP contribution in [0.3, 0.4) is 0 Å². The molecule has 0 radical (unpaired) electrons. The lowest BCUT2D eigenvalue weighted by Crippen LogP contribution is -2.31. The summed E-state index contributed by atoms with van der Waals surface area (Å²) >= 11 is 0. The topological polar surface area (TPSA) is 69.3 Å². The van der Waals surface area contributed by atoms with Gasteiger partial charge in [-0.2, -0.15) is 5.10 Å². The zero-order valence-electron chi connectivity index (χ0n) is 7.20. The minimum atomic E-state index is 0.598. The molecule has 1 aromatic rings. The smallest absolute Gasteiger partial charge is 0.170 e. The third-order valence-electron chi connectivity index (χ3n) is 1.73. The number of nitrogen functional groups attached to an aromatic ring is 1. The summed E-state index contributed by atoms with van der Waals surface area (Å²) in [6, 6.07) is 5.65. The minimum absolute atomic E-state index is 0.598. The van der Waals surface area contributed by atoms with E-state index in [1.165, 1.54) is 4.68 Å². The van der Waals surface area contributed by atoms with E-state index in [0.717, 1.165) is 18.5 Å². The summed E-state index contributed by atoms with van der Waals surface area (Å²) in [5.41, 5.74) is 1.64. The maximum Gasteiger partial charge on any atom is 0.170 e. The van der Waals surface area contributed by atoms with E-state index in [0.29, 0.717) is 5.49 Å². The minimum Gasteiger partial charge on any atom is -0.337 e. The van der Waals surface area contributed by atoms with Gasteiger partial charge >= 0.3 is 0 Å². The fourth-order valence-corrected chi connectivity index (χ4v) is 1.12. The van der Waals surface area contributed by atoms with Crippen LogP contribution >= 0.6 is 0 Å². The molecule has 4 heteroatoms. The zero-order valence-corrected chi connectivity index (χ0v) is 7.20. The Balaban J connectivity index is 3.15. The van der Waals surface area contributed by atoms with E-state index < -0.39 is 0 Å². The number of nitrogens with two attached hydrogens (primary N) is 2. The number of rotatable bonds is 2. The Hall–Kier alpha value is -1.45. The molecule has 4 N–H and O–H groups in total. The molecule has 0 unspecified atom stereocenters. The number of pyridine rings is 1. The van der Waals surface area contributed by atoms with Crippen molar-refractivity contribution in [3.63, 3.8) is 0 Å². The first-order valence-corrected chi connectivity index (χ1v) is 3.99. The zero-order chi connectivity index (χ0) is 8.97. The molecule has 0 saturated carbocycles. The van der Waals surface area contributed by atoms with Crippen LogP contribution in [0.25, 0.3) is 0 Å². The van der Waals surface area contributed by atoms with Crippen LogP contribution in [0.15, 0.2) is 23.3 Å². The predicted molar refractivity (Wildman–Crippen MR) is 48.3 cm³/mol. The van der Waals surface area contributed by atoms with Gasteiger partial charge in [-0.3, -0.25) is 0 Å². The highest BCUT2D eigenvalue weighted by atomic mass is 15.3. The second-order valence-electron chi connectivity index (χ2n) is 2.62. The second-order valence-corrected chi connectivity index (χ2v) is 2.62. The van der Waals surface area contributed by atoms with Crippen molar-refractivity contribution in [2.45, 2.75) is 19.8 Å². The number of aromatic nitrogens is 1. The molecule has 1 heterocycles. The Morgan fingerprint density at radius 3 is 2.83 bits per heavy atom. The van der Waals surface area contributed by atoms with Gasteiger partial charge in [0.25, 0.3) is 0 Å². The Kier molecular flexibility index (Phi) is 2.74. The highest BCUT2D eigenvalue weighted by Gasteiger charge is 1.95. The summed E-state index contributed by atoms with van der Waals surface area (Å²) in [5, 5.41) is 3.55. The van der Waals surface area contributed by atoms with Crippen LogP contribution < -0.4 is 17.2 Å². The lowest BCUT2D eigenvalue weighted by atomic mass is 10.2. The molecule has 0 bridgehead atoms. The summed E-state index contributed by atoms with van der Waals surface area (Å²) in [4.78, 5) is 0. The van der Waals surface area contributed by atoms with E-state index in [1.54, 1.807) is 6.07 Å². The molecule has 0 aromatic carbocycles. The van der Waals surface area contributed by atoms with E-state index in [1.807, 2.05) is 12.1 Å². The Morgan fingerprint density at radius 2 is 2.25 bits per heavy atom. The quantitative estimate of drug-likeness (QED) is 0.477. The van der Waals surface area contributed by atoms with Crippen molar-refractivity contribution in [1.29, 1.82) is 0 Å². The standard InChI is InChI=1S/C8H14N4/c1-2-4-7-5-3-6-8(11-9)12(7)10/h3,5-6H,2,4,9-10H2,1H3/b11-8-. The van der Waals surface area contributed by atoms with E-state index >= 15 is 0 Å². The third kappa shape index (κ3) is 1.58. The molecule has 0 aliphatic heterocycles. The average Bonchev–Trinajstić information content (AvgIpc) is 2.09. The van der Waals surface area contributed by atoms with Crippen LogP contribution in [0.4, 0.5) is 0 Å². The van der Waals surface area contributed by atoms with Gasteiger partial charge in [0.2, 0.25) is 0 Å². The average molecular weight is 166 g/mol. The normalized spacial score (nSPS) is 11.9. The molecular formula is C8H14N4. The molecule has 0 amide bonds. The van der Waals surface area contributed by atoms with E-state index in [-0.39, 0.29) is 0 Å². The highest BCUT2D eigenvalue weighted by Crippen LogP contribution is 1.96. The fourth-order valence-electron chi connectivity index (χ4n) is 1.12. The first kappa shape index (κ1) is 8.64. The first-order valence-electron chi connectivity index (χ1n) is 3.99. The Labute approximate surface area is 71.5 Å². The Morgan fingerprint density at radius 1 is 1.50 bits per heavy atom. The molecule has 0 fully saturated rings. The van der Waals surface area contributed by atoms with Crippen LogP contribution in [0.2, 0.25) is 0 Å². The SMILES string of the molecule is CCCc1ccc/c(=N/N)n1N. The maximum absolute atomic E-state index is 5.72. The van der Waals surface area contributed by atoms with E-state index in [2.05, 4.69) is 12.0 Å². The van der Waals surface area contributed by atoms with Crippen molar-refractivity contribution in [2.75, 3.05) is 5.84 Å². The molecule has 1 rings (SSSR count). The molecule has 66 valence electrons. The third-order valence-corrected chi connectivity index (χ3v) is 1.73. The largest absolute Gasteiger partial charge is 0.337 e. The summed E-state index contributed by atoms with van der Waals surface area (Å²) in [6.45, 7) is 2.10. The molecule has 1 aromatic heterocycles. The molecule has 0 spiro atoms. The van der Waals surface area contributed by atoms with Crippen molar-refractivity contribution in [3.05, 3.63) is 29.4 Å². The van der Waals surface area contributed by atoms with Crippen molar-refractivity contribution in [1.82, 2.24) is 4.68 Å². The van der Waals surface area contributed by atoms with Crippen LogP contribution in [0, 0.1) is 0 Å². The lowest BCUT2D eigenvalue weighted by molar-refractivity contribution is 0.764. The van der Waals surface area contributed by atoms with Gasteiger partial charge in [-0.1, -0.05) is 19.4 Å². The second kappa shape index (κ2) is 3.80. The van der Waals surface area contributed by atoms with Crippen molar-refractivity contribution in [2.24, 2.45) is 10.9 Å². The molecule has 0 saturated heterocycles. The van der Waals surface area contributed by atoms with Gasteiger partial charge < -0.3 is 11.7 Å². The first-order chi connectivity index (χ1) is 5.79. The molecule has 0 atom stereocenters. The van der Waals surface area contributed by atoms with Gasteiger partial charge in [0, 0.05) is 5.69 Å². The maximum atomic E-state index is 5.72. The van der Waals surface area contributed by atoms with Gasteiger partial charge in [-0.25, -0.2) is 4.68 Å². The van der Waals surface area contributed by atoms with Crippen LogP contribution in [0.5, 0.6) is 0 Å². The molecule has 4 nitrogen and oxygen atoms in total. The summed E-state index contributed by atoms with van der Waals surface area (Å²) in [7, 11) is 0. The van der Waals surface area contributed by atoms with Crippen LogP contribution in [-0.4, -0.2) is 4.68 Å². The molecular weight excluding hydrogens is 152 g/mol. The van der Waals surface area contributed by atoms with Crippen LogP contribution in [0.1, 0.15) is 19.0 Å². The predicted octanol–water partition coefficient (Wildman–Crippen LogP) is -0.0712. The van der Waals surface area contributed by atoms with E-state index in [4.69, 9.17) is 11.7 Å². The van der Waals surface area contributed by atoms with Crippen LogP contribution in [-0.2, 0) is 6.42 Å². The number of nitrogens with zero attached hydrogens (tertiary/aromatic N) is 2. The molecule has 0 aliphatic carbocycles. The molecule has 12 heavy (non-hydrogen) atoms. The number of hydrogen-bond acceptors (Lipinski definition) is 3. The molecule has 0 aliphatic rings. The summed E-state index contributed by atoms with van der Waals surface area (Å²) in [6.07, 6.45) is 2.01. The fraction of sp³-hybridized carbons (Fsp3) is 0.375. The van der Waals surface area contributed by atoms with Crippen molar-refractivity contribution >= 4 is 0 Å². The van der Waals surface area contributed by atoms with Gasteiger partial charge in [0.05, 0.1) is 0 Å². The number of hydrogen-bond donors (Lipinski definition) is 2. The number of aryl methyl sites for hydroxylation is 1. The Bertz CT molecular complexity index is 313. The summed E-state index contributed by atoms with van der Waals surface area (Å²) < 4.78 is 1.52. The van der Waals surface area contributed by atoms with Crippen molar-refractivity contribution < 1.29 is 0 Å².